The number of unbranched alkanes of at least 4 members (excludes halogenated alkanes) is 8. The van der Waals surface area contributed by atoms with Crippen LogP contribution in [0.5, 0.6) is 0 Å². The molecule has 0 bridgehead atoms. The molecule has 0 radical (unpaired) electrons. The van der Waals surface area contributed by atoms with E-state index >= 15 is 0 Å². The van der Waals surface area contributed by atoms with E-state index in [9.17, 15) is 4.79 Å². The molecule has 2 heteroatoms. The molecule has 3 rings (SSSR count). The maximum absolute atomic E-state index is 12.3. The van der Waals surface area contributed by atoms with Crippen LogP contribution in [-0.4, -0.2) is 5.97 Å². The third-order valence-electron chi connectivity index (χ3n) is 8.09. The summed E-state index contributed by atoms with van der Waals surface area (Å²) >= 11 is 0. The maximum Gasteiger partial charge on any atom is 0.309 e. The van der Waals surface area contributed by atoms with E-state index in [-0.39, 0.29) is 18.0 Å². The van der Waals surface area contributed by atoms with Gasteiger partial charge < -0.3 is 4.74 Å². The molecule has 2 fully saturated rings. The Morgan fingerprint density at radius 1 is 0.719 bits per heavy atom. The van der Waals surface area contributed by atoms with Gasteiger partial charge in [0.15, 0.2) is 0 Å². The summed E-state index contributed by atoms with van der Waals surface area (Å²) in [6.45, 7) is 4.52. The molecule has 2 atom stereocenters. The molecule has 2 unspecified atom stereocenters. The summed E-state index contributed by atoms with van der Waals surface area (Å²) < 4.78 is 5.75. The third kappa shape index (κ3) is 7.92. The first kappa shape index (κ1) is 25.3. The first-order valence-electron chi connectivity index (χ1n) is 14.0. The Labute approximate surface area is 197 Å². The predicted molar refractivity (Wildman–Crippen MR) is 135 cm³/mol. The lowest BCUT2D eigenvalue weighted by atomic mass is 9.77. The van der Waals surface area contributed by atoms with E-state index in [0.717, 1.165) is 31.1 Å². The Morgan fingerprint density at radius 2 is 1.28 bits per heavy atom. The van der Waals surface area contributed by atoms with Crippen LogP contribution >= 0.6 is 0 Å². The molecule has 0 spiro atoms. The van der Waals surface area contributed by atoms with E-state index in [1.54, 1.807) is 0 Å². The first-order chi connectivity index (χ1) is 15.7. The molecule has 1 heterocycles. The van der Waals surface area contributed by atoms with Crippen molar-refractivity contribution in [2.45, 2.75) is 135 Å². The van der Waals surface area contributed by atoms with Gasteiger partial charge in [0.1, 0.15) is 6.10 Å². The fourth-order valence-corrected chi connectivity index (χ4v) is 5.88. The first-order valence-corrected chi connectivity index (χ1v) is 14.0. The molecule has 0 N–H and O–H groups in total. The molecule has 1 saturated carbocycles. The molecular formula is C30H48O2. The van der Waals surface area contributed by atoms with E-state index in [4.69, 9.17) is 4.74 Å². The molecular weight excluding hydrogens is 392 g/mol. The lowest BCUT2D eigenvalue weighted by Crippen LogP contribution is -2.13. The van der Waals surface area contributed by atoms with Crippen molar-refractivity contribution < 1.29 is 9.53 Å². The quantitative estimate of drug-likeness (QED) is 0.213. The Hall–Kier alpha value is -1.31. The SMILES string of the molecule is CCCCCCCCC1CCC(c2ccc(C3CC(CCCCCC)C(=O)O3)cc2)CC1. The number of carbonyl (C=O) groups is 1. The third-order valence-corrected chi connectivity index (χ3v) is 8.09. The second kappa shape index (κ2) is 14.1. The van der Waals surface area contributed by atoms with E-state index in [2.05, 4.69) is 38.1 Å². The lowest BCUT2D eigenvalue weighted by Gasteiger charge is -2.29. The molecule has 1 saturated heterocycles. The number of benzene rings is 1. The van der Waals surface area contributed by atoms with Crippen LogP contribution in [0.2, 0.25) is 0 Å². The zero-order valence-electron chi connectivity index (χ0n) is 21.0. The second-order valence-electron chi connectivity index (χ2n) is 10.6. The minimum atomic E-state index is -0.0270. The highest BCUT2D eigenvalue weighted by atomic mass is 16.6. The number of hydrogen-bond acceptors (Lipinski definition) is 2. The molecule has 1 aliphatic heterocycles. The molecule has 1 aromatic rings. The van der Waals surface area contributed by atoms with Gasteiger partial charge in [-0.1, -0.05) is 109 Å². The van der Waals surface area contributed by atoms with Gasteiger partial charge in [-0.3, -0.25) is 4.79 Å². The van der Waals surface area contributed by atoms with Gasteiger partial charge in [0.25, 0.3) is 0 Å². The van der Waals surface area contributed by atoms with E-state index in [1.807, 2.05) is 0 Å². The molecule has 2 nitrogen and oxygen atoms in total. The average Bonchev–Trinajstić information content (AvgIpc) is 3.20. The van der Waals surface area contributed by atoms with Crippen LogP contribution in [0.15, 0.2) is 24.3 Å². The van der Waals surface area contributed by atoms with E-state index < -0.39 is 0 Å². The molecule has 1 aliphatic carbocycles. The van der Waals surface area contributed by atoms with Gasteiger partial charge in [0.2, 0.25) is 0 Å². The van der Waals surface area contributed by atoms with Gasteiger partial charge in [0, 0.05) is 6.42 Å². The van der Waals surface area contributed by atoms with Crippen LogP contribution in [0.1, 0.15) is 146 Å². The van der Waals surface area contributed by atoms with Crippen LogP contribution in [0.25, 0.3) is 0 Å². The minimum absolute atomic E-state index is 0.0270. The average molecular weight is 441 g/mol. The fourth-order valence-electron chi connectivity index (χ4n) is 5.88. The standard InChI is InChI=1S/C30H48O2/c1-3-5-7-9-10-11-13-24-15-17-25(18-16-24)26-19-21-27(22-20-26)29-23-28(30(31)32-29)14-12-8-6-4-2/h19-22,24-25,28-29H,3-18,23H2,1-2H3. The maximum atomic E-state index is 12.3. The monoisotopic (exact) mass is 440 g/mol. The number of esters is 1. The number of ether oxygens (including phenoxy) is 1. The van der Waals surface area contributed by atoms with E-state index in [0.29, 0.717) is 0 Å². The summed E-state index contributed by atoms with van der Waals surface area (Å²) in [4.78, 5) is 12.3. The molecule has 1 aromatic carbocycles. The molecule has 0 amide bonds. The number of hydrogen-bond donors (Lipinski definition) is 0. The zero-order valence-corrected chi connectivity index (χ0v) is 21.0. The zero-order chi connectivity index (χ0) is 22.6. The summed E-state index contributed by atoms with van der Waals surface area (Å²) in [5, 5.41) is 0. The van der Waals surface area contributed by atoms with E-state index in [1.165, 1.54) is 101 Å². The lowest BCUT2D eigenvalue weighted by molar-refractivity contribution is -0.144. The summed E-state index contributed by atoms with van der Waals surface area (Å²) in [5.41, 5.74) is 2.68. The number of cyclic esters (lactones) is 1. The van der Waals surface area contributed by atoms with Crippen LogP contribution < -0.4 is 0 Å². The van der Waals surface area contributed by atoms with Crippen molar-refractivity contribution in [2.75, 3.05) is 0 Å². The van der Waals surface area contributed by atoms with Crippen LogP contribution in [0.4, 0.5) is 0 Å². The molecule has 2 aliphatic rings. The smallest absolute Gasteiger partial charge is 0.309 e. The molecule has 32 heavy (non-hydrogen) atoms. The Balaban J connectivity index is 1.37. The molecule has 180 valence electrons. The normalized spacial score (nSPS) is 25.8. The van der Waals surface area contributed by atoms with Gasteiger partial charge in [-0.2, -0.15) is 0 Å². The van der Waals surface area contributed by atoms with Gasteiger partial charge >= 0.3 is 5.97 Å². The van der Waals surface area contributed by atoms with Crippen molar-refractivity contribution in [3.63, 3.8) is 0 Å². The molecule has 0 aromatic heterocycles. The number of rotatable bonds is 14. The van der Waals surface area contributed by atoms with Gasteiger partial charge in [0.05, 0.1) is 5.92 Å². The largest absolute Gasteiger partial charge is 0.457 e. The van der Waals surface area contributed by atoms with Crippen LogP contribution in [-0.2, 0) is 9.53 Å². The van der Waals surface area contributed by atoms with Crippen LogP contribution in [0.3, 0.4) is 0 Å². The van der Waals surface area contributed by atoms with Crippen molar-refractivity contribution >= 4 is 5.97 Å². The van der Waals surface area contributed by atoms with Crippen LogP contribution in [0, 0.1) is 11.8 Å². The highest BCUT2D eigenvalue weighted by molar-refractivity contribution is 5.74. The predicted octanol–water partition coefficient (Wildman–Crippen LogP) is 9.29. The van der Waals surface area contributed by atoms with Gasteiger partial charge in [-0.15, -0.1) is 0 Å². The van der Waals surface area contributed by atoms with Crippen molar-refractivity contribution in [2.24, 2.45) is 11.8 Å². The van der Waals surface area contributed by atoms with Crippen molar-refractivity contribution in [1.29, 1.82) is 0 Å². The Morgan fingerprint density at radius 3 is 1.97 bits per heavy atom. The summed E-state index contributed by atoms with van der Waals surface area (Å²) in [5.74, 6) is 1.82. The van der Waals surface area contributed by atoms with Crippen molar-refractivity contribution in [1.82, 2.24) is 0 Å². The second-order valence-corrected chi connectivity index (χ2v) is 10.6. The summed E-state index contributed by atoms with van der Waals surface area (Å²) in [6.07, 6.45) is 22.2. The van der Waals surface area contributed by atoms with Gasteiger partial charge in [-0.25, -0.2) is 0 Å². The topological polar surface area (TPSA) is 26.3 Å². The highest BCUT2D eigenvalue weighted by Crippen LogP contribution is 2.40. The fraction of sp³-hybridized carbons (Fsp3) is 0.767. The highest BCUT2D eigenvalue weighted by Gasteiger charge is 2.34. The number of carbonyl (C=O) groups excluding carboxylic acids is 1. The minimum Gasteiger partial charge on any atom is -0.457 e. The summed E-state index contributed by atoms with van der Waals surface area (Å²) in [6, 6.07) is 9.09. The Bertz CT molecular complexity index is 641. The summed E-state index contributed by atoms with van der Waals surface area (Å²) in [7, 11) is 0. The Kier molecular flexibility index (Phi) is 11.1. The van der Waals surface area contributed by atoms with Crippen molar-refractivity contribution in [3.05, 3.63) is 35.4 Å². The van der Waals surface area contributed by atoms with Crippen molar-refractivity contribution in [3.8, 4) is 0 Å². The van der Waals surface area contributed by atoms with Gasteiger partial charge in [-0.05, 0) is 55.1 Å².